The van der Waals surface area contributed by atoms with E-state index in [0.717, 1.165) is 17.6 Å². The Morgan fingerprint density at radius 2 is 1.20 bits per heavy atom. The molecule has 0 bridgehead atoms. The lowest BCUT2D eigenvalue weighted by atomic mass is 9.74. The molecule has 0 saturated heterocycles. The highest BCUT2D eigenvalue weighted by atomic mass is 16.3. The Bertz CT molecular complexity index is 2620. The maximum Gasteiger partial charge on any atom is 0.142 e. The number of benzene rings is 7. The molecule has 1 atom stereocenters. The van der Waals surface area contributed by atoms with Crippen molar-refractivity contribution in [2.45, 2.75) is 64.7 Å². The molecule has 1 heterocycles. The molecule has 9 rings (SSSR count). The van der Waals surface area contributed by atoms with Crippen molar-refractivity contribution in [1.82, 2.24) is 0 Å². The van der Waals surface area contributed by atoms with Crippen LogP contribution >= 0.6 is 0 Å². The number of para-hydroxylation sites is 2. The van der Waals surface area contributed by atoms with E-state index in [1.54, 1.807) is 0 Å². The van der Waals surface area contributed by atoms with Gasteiger partial charge in [0.1, 0.15) is 11.2 Å². The minimum atomic E-state index is 0.108. The van der Waals surface area contributed by atoms with Crippen LogP contribution in [0.3, 0.4) is 0 Å². The predicted molar refractivity (Wildman–Crippen MR) is 209 cm³/mol. The van der Waals surface area contributed by atoms with Crippen molar-refractivity contribution in [1.29, 1.82) is 0 Å². The first-order valence-corrected chi connectivity index (χ1v) is 17.7. The standard InChI is InChI=1S/C48H42O/c1-47(2,3)32-20-14-29(15-21-32)34-24-18-31-19-25-37-41(30-16-22-33(23-17-30)48(4,5)6)28-42(38-27-26-36(34)44(31)45(37)38)40-12-9-11-39-35-10-7-8-13-43(35)49-46(39)40/h7-27,41H,28H2,1-6H3. The topological polar surface area (TPSA) is 13.1 Å². The Labute approximate surface area is 288 Å². The molecule has 0 N–H and O–H groups in total. The molecular weight excluding hydrogens is 593 g/mol. The molecule has 0 amide bonds. The summed E-state index contributed by atoms with van der Waals surface area (Å²) in [6.07, 6.45) is 0.909. The Morgan fingerprint density at radius 1 is 0.531 bits per heavy atom. The van der Waals surface area contributed by atoms with Gasteiger partial charge in [-0.25, -0.2) is 0 Å². The second kappa shape index (κ2) is 10.7. The maximum atomic E-state index is 6.67. The molecular formula is C48H42O. The zero-order valence-corrected chi connectivity index (χ0v) is 29.3. The molecule has 7 aromatic carbocycles. The van der Waals surface area contributed by atoms with Crippen molar-refractivity contribution in [2.24, 2.45) is 0 Å². The zero-order chi connectivity index (χ0) is 33.7. The summed E-state index contributed by atoms with van der Waals surface area (Å²) in [6.45, 7) is 13.7. The quantitative estimate of drug-likeness (QED) is 0.188. The minimum Gasteiger partial charge on any atom is -0.455 e. The van der Waals surface area contributed by atoms with E-state index in [0.29, 0.717) is 0 Å². The van der Waals surface area contributed by atoms with Gasteiger partial charge < -0.3 is 4.42 Å². The van der Waals surface area contributed by atoms with Gasteiger partial charge in [0, 0.05) is 22.3 Å². The Morgan fingerprint density at radius 3 is 1.94 bits per heavy atom. The van der Waals surface area contributed by atoms with Crippen LogP contribution in [0.4, 0.5) is 0 Å². The summed E-state index contributed by atoms with van der Waals surface area (Å²) in [6, 6.07) is 47.9. The van der Waals surface area contributed by atoms with Crippen LogP contribution in [0.25, 0.3) is 60.2 Å². The molecule has 1 nitrogen and oxygen atoms in total. The summed E-state index contributed by atoms with van der Waals surface area (Å²) >= 11 is 0. The first-order valence-electron chi connectivity index (χ1n) is 17.7. The number of hydrogen-bond acceptors (Lipinski definition) is 1. The summed E-state index contributed by atoms with van der Waals surface area (Å²) in [7, 11) is 0. The van der Waals surface area contributed by atoms with Gasteiger partial charge in [-0.2, -0.15) is 0 Å². The van der Waals surface area contributed by atoms with Crippen molar-refractivity contribution < 1.29 is 4.42 Å². The molecule has 240 valence electrons. The smallest absolute Gasteiger partial charge is 0.142 e. The normalized spacial score (nSPS) is 15.2. The summed E-state index contributed by atoms with van der Waals surface area (Å²) in [4.78, 5) is 0. The summed E-state index contributed by atoms with van der Waals surface area (Å²) < 4.78 is 6.67. The Kier molecular flexibility index (Phi) is 6.53. The van der Waals surface area contributed by atoms with E-state index in [9.17, 15) is 0 Å². The zero-order valence-electron chi connectivity index (χ0n) is 29.3. The van der Waals surface area contributed by atoms with Crippen molar-refractivity contribution in [3.63, 3.8) is 0 Å². The molecule has 8 aromatic rings. The largest absolute Gasteiger partial charge is 0.455 e. The maximum absolute atomic E-state index is 6.67. The van der Waals surface area contributed by atoms with Gasteiger partial charge in [-0.05, 0) is 89.0 Å². The average molecular weight is 635 g/mol. The van der Waals surface area contributed by atoms with Crippen molar-refractivity contribution in [3.8, 4) is 11.1 Å². The number of furan rings is 1. The molecule has 0 fully saturated rings. The van der Waals surface area contributed by atoms with Crippen LogP contribution in [0, 0.1) is 0 Å². The number of fused-ring (bicyclic) bond motifs is 3. The number of rotatable bonds is 3. The monoisotopic (exact) mass is 634 g/mol. The van der Waals surface area contributed by atoms with E-state index in [2.05, 4.69) is 169 Å². The molecule has 1 aliphatic rings. The van der Waals surface area contributed by atoms with Gasteiger partial charge in [0.2, 0.25) is 0 Å². The summed E-state index contributed by atoms with van der Waals surface area (Å²) in [5, 5.41) is 9.01. The molecule has 1 unspecified atom stereocenters. The van der Waals surface area contributed by atoms with E-state index in [1.165, 1.54) is 82.1 Å². The van der Waals surface area contributed by atoms with E-state index >= 15 is 0 Å². The molecule has 0 aliphatic heterocycles. The lowest BCUT2D eigenvalue weighted by Crippen LogP contribution is -2.20. The first-order chi connectivity index (χ1) is 23.6. The van der Waals surface area contributed by atoms with Crippen molar-refractivity contribution >= 4 is 49.1 Å². The lowest BCUT2D eigenvalue weighted by molar-refractivity contribution is 0.589. The van der Waals surface area contributed by atoms with Gasteiger partial charge in [0.05, 0.1) is 0 Å². The van der Waals surface area contributed by atoms with Gasteiger partial charge in [0.15, 0.2) is 0 Å². The molecule has 0 radical (unpaired) electrons. The molecule has 0 saturated carbocycles. The Balaban J connectivity index is 1.34. The van der Waals surface area contributed by atoms with E-state index in [4.69, 9.17) is 4.42 Å². The van der Waals surface area contributed by atoms with Gasteiger partial charge in [-0.1, -0.05) is 163 Å². The van der Waals surface area contributed by atoms with Gasteiger partial charge >= 0.3 is 0 Å². The minimum absolute atomic E-state index is 0.108. The average Bonchev–Trinajstić information content (AvgIpc) is 3.49. The highest BCUT2D eigenvalue weighted by molar-refractivity contribution is 6.17. The van der Waals surface area contributed by atoms with Crippen LogP contribution in [-0.4, -0.2) is 0 Å². The third-order valence-electron chi connectivity index (χ3n) is 11.0. The third kappa shape index (κ3) is 4.74. The highest BCUT2D eigenvalue weighted by Crippen LogP contribution is 2.45. The second-order valence-corrected chi connectivity index (χ2v) is 16.1. The fraction of sp³-hybridized carbons (Fsp3) is 0.208. The predicted octanol–water partition coefficient (Wildman–Crippen LogP) is 12.6. The van der Waals surface area contributed by atoms with E-state index in [1.807, 2.05) is 0 Å². The van der Waals surface area contributed by atoms with Crippen molar-refractivity contribution in [3.05, 3.63) is 160 Å². The molecule has 49 heavy (non-hydrogen) atoms. The first kappa shape index (κ1) is 30.0. The third-order valence-corrected chi connectivity index (χ3v) is 11.0. The molecule has 0 spiro atoms. The van der Waals surface area contributed by atoms with Crippen LogP contribution in [0.2, 0.25) is 0 Å². The van der Waals surface area contributed by atoms with E-state index < -0.39 is 0 Å². The van der Waals surface area contributed by atoms with Gasteiger partial charge in [0.25, 0.3) is 0 Å². The van der Waals surface area contributed by atoms with Crippen molar-refractivity contribution in [2.75, 3.05) is 0 Å². The molecule has 1 aliphatic carbocycles. The van der Waals surface area contributed by atoms with Crippen LogP contribution < -0.4 is 5.22 Å². The lowest BCUT2D eigenvalue weighted by Gasteiger charge is -2.29. The van der Waals surface area contributed by atoms with E-state index in [-0.39, 0.29) is 16.7 Å². The van der Waals surface area contributed by atoms with Crippen LogP contribution in [0.1, 0.15) is 81.7 Å². The van der Waals surface area contributed by atoms with Crippen LogP contribution in [0.5, 0.6) is 0 Å². The van der Waals surface area contributed by atoms with Gasteiger partial charge in [-0.3, -0.25) is 0 Å². The van der Waals surface area contributed by atoms with Gasteiger partial charge in [-0.15, -0.1) is 0 Å². The number of hydrogen-bond donors (Lipinski definition) is 0. The second-order valence-electron chi connectivity index (χ2n) is 16.1. The fourth-order valence-electron chi connectivity index (χ4n) is 8.29. The SMILES string of the molecule is CC(C)(C)c1ccc(-c2ccc3ccc4c5c(ccc2c35)=C(c2cccc3c2oc2ccccc23)CC4c2ccc(C(C)(C)C)cc2)cc1. The van der Waals surface area contributed by atoms with Crippen LogP contribution in [-0.2, 0) is 10.8 Å². The van der Waals surface area contributed by atoms with Crippen LogP contribution in [0.15, 0.2) is 132 Å². The molecule has 1 aromatic heterocycles. The summed E-state index contributed by atoms with van der Waals surface area (Å²) in [5.74, 6) is 0.223. The molecule has 1 heteroatoms. The Hall–Kier alpha value is -5.14. The summed E-state index contributed by atoms with van der Waals surface area (Å²) in [5.41, 5.74) is 12.7. The fourth-order valence-corrected chi connectivity index (χ4v) is 8.29. The highest BCUT2D eigenvalue weighted by Gasteiger charge is 2.28.